The van der Waals surface area contributed by atoms with Crippen molar-refractivity contribution in [2.75, 3.05) is 6.54 Å². The molecule has 0 saturated heterocycles. The number of carbonyl (C=O) groups is 2. The molecule has 2 amide bonds. The smallest absolute Gasteiger partial charge is 0.335 e. The average molecular weight is 290 g/mol. The van der Waals surface area contributed by atoms with E-state index in [0.29, 0.717) is 13.1 Å². The molecule has 0 heterocycles. The summed E-state index contributed by atoms with van der Waals surface area (Å²) in [6.45, 7) is 8.72. The van der Waals surface area contributed by atoms with Crippen LogP contribution < -0.4 is 10.6 Å². The lowest BCUT2D eigenvalue weighted by Crippen LogP contribution is -2.40. The van der Waals surface area contributed by atoms with E-state index in [0.717, 1.165) is 12.0 Å². The molecule has 21 heavy (non-hydrogen) atoms. The lowest BCUT2D eigenvalue weighted by Gasteiger charge is -2.23. The summed E-state index contributed by atoms with van der Waals surface area (Å²) in [7, 11) is 0. The summed E-state index contributed by atoms with van der Waals surface area (Å²) < 4.78 is 0. The van der Waals surface area contributed by atoms with Crippen molar-refractivity contribution in [3.63, 3.8) is 0 Å². The molecular weight excluding hydrogens is 268 g/mol. The van der Waals surface area contributed by atoms with Crippen molar-refractivity contribution in [1.82, 2.24) is 10.6 Å². The second-order valence-electron chi connectivity index (χ2n) is 5.70. The van der Waals surface area contributed by atoms with Crippen molar-refractivity contribution in [2.45, 2.75) is 26.8 Å². The topological polar surface area (TPSA) is 78.4 Å². The van der Waals surface area contributed by atoms with E-state index in [-0.39, 0.29) is 17.0 Å². The van der Waals surface area contributed by atoms with Crippen LogP contribution in [0.5, 0.6) is 0 Å². The van der Waals surface area contributed by atoms with E-state index >= 15 is 0 Å². The first-order valence-electron chi connectivity index (χ1n) is 6.79. The van der Waals surface area contributed by atoms with Crippen molar-refractivity contribution in [1.29, 1.82) is 0 Å². The molecule has 0 aliphatic carbocycles. The number of carboxylic acid groups (broad SMARTS) is 1. The Morgan fingerprint density at radius 2 is 1.86 bits per heavy atom. The van der Waals surface area contributed by atoms with Gasteiger partial charge >= 0.3 is 12.0 Å². The number of allylic oxidation sites excluding steroid dienone is 1. The molecule has 3 N–H and O–H groups in total. The Balaban J connectivity index is 2.39. The van der Waals surface area contributed by atoms with E-state index in [1.807, 2.05) is 6.08 Å². The van der Waals surface area contributed by atoms with Crippen LogP contribution in [-0.4, -0.2) is 23.7 Å². The molecule has 0 fully saturated rings. The SMILES string of the molecule is C=CCC(C)(C)CNC(=O)NCc1ccc(C(=O)O)cc1. The van der Waals surface area contributed by atoms with Crippen LogP contribution in [0.15, 0.2) is 36.9 Å². The van der Waals surface area contributed by atoms with E-state index < -0.39 is 5.97 Å². The minimum absolute atomic E-state index is 0.0256. The molecule has 1 aromatic rings. The molecular formula is C16H22N2O3. The van der Waals surface area contributed by atoms with Gasteiger partial charge in [-0.1, -0.05) is 32.1 Å². The maximum Gasteiger partial charge on any atom is 0.335 e. The Hall–Kier alpha value is -2.30. The van der Waals surface area contributed by atoms with Gasteiger partial charge in [0.05, 0.1) is 5.56 Å². The quantitative estimate of drug-likeness (QED) is 0.676. The van der Waals surface area contributed by atoms with Crippen LogP contribution in [0, 0.1) is 5.41 Å². The van der Waals surface area contributed by atoms with Gasteiger partial charge in [-0.2, -0.15) is 0 Å². The third-order valence-corrected chi connectivity index (χ3v) is 3.08. The first-order chi connectivity index (χ1) is 9.84. The zero-order valence-corrected chi connectivity index (χ0v) is 12.5. The normalized spacial score (nSPS) is 10.8. The fourth-order valence-corrected chi connectivity index (χ4v) is 1.79. The lowest BCUT2D eigenvalue weighted by molar-refractivity contribution is 0.0697. The molecule has 5 nitrogen and oxygen atoms in total. The zero-order valence-electron chi connectivity index (χ0n) is 12.5. The number of carbonyl (C=O) groups excluding carboxylic acids is 1. The summed E-state index contributed by atoms with van der Waals surface area (Å²) >= 11 is 0. The Morgan fingerprint density at radius 1 is 1.24 bits per heavy atom. The van der Waals surface area contributed by atoms with E-state index in [1.165, 1.54) is 12.1 Å². The van der Waals surface area contributed by atoms with E-state index in [2.05, 4.69) is 31.1 Å². The van der Waals surface area contributed by atoms with Gasteiger partial charge in [-0.3, -0.25) is 0 Å². The van der Waals surface area contributed by atoms with Crippen LogP contribution in [0.1, 0.15) is 36.2 Å². The van der Waals surface area contributed by atoms with Crippen LogP contribution in [0.4, 0.5) is 4.79 Å². The summed E-state index contributed by atoms with van der Waals surface area (Å²) in [6.07, 6.45) is 2.66. The van der Waals surface area contributed by atoms with Crippen LogP contribution >= 0.6 is 0 Å². The summed E-state index contributed by atoms with van der Waals surface area (Å²) in [4.78, 5) is 22.4. The monoisotopic (exact) mass is 290 g/mol. The number of urea groups is 1. The van der Waals surface area contributed by atoms with Gasteiger partial charge < -0.3 is 15.7 Å². The standard InChI is InChI=1S/C16H22N2O3/c1-4-9-16(2,3)11-18-15(21)17-10-12-5-7-13(8-6-12)14(19)20/h4-8H,1,9-11H2,2-3H3,(H,19,20)(H2,17,18,21). The molecule has 5 heteroatoms. The molecule has 0 aliphatic rings. The van der Waals surface area contributed by atoms with E-state index in [4.69, 9.17) is 5.11 Å². The number of hydrogen-bond donors (Lipinski definition) is 3. The van der Waals surface area contributed by atoms with Crippen LogP contribution in [-0.2, 0) is 6.54 Å². The minimum Gasteiger partial charge on any atom is -0.478 e. The summed E-state index contributed by atoms with van der Waals surface area (Å²) in [6, 6.07) is 6.17. The first kappa shape index (κ1) is 16.8. The van der Waals surface area contributed by atoms with Crippen molar-refractivity contribution in [2.24, 2.45) is 5.41 Å². The maximum absolute atomic E-state index is 11.7. The van der Waals surface area contributed by atoms with Crippen LogP contribution in [0.25, 0.3) is 0 Å². The predicted molar refractivity (Wildman–Crippen MR) is 82.2 cm³/mol. The second-order valence-corrected chi connectivity index (χ2v) is 5.70. The Bertz CT molecular complexity index is 507. The molecule has 0 atom stereocenters. The van der Waals surface area contributed by atoms with Gasteiger partial charge in [-0.15, -0.1) is 6.58 Å². The summed E-state index contributed by atoms with van der Waals surface area (Å²) in [5.74, 6) is -0.961. The fraction of sp³-hybridized carbons (Fsp3) is 0.375. The Kier molecular flexibility index (Phi) is 5.96. The maximum atomic E-state index is 11.7. The summed E-state index contributed by atoms with van der Waals surface area (Å²) in [5.41, 5.74) is 1.05. The highest BCUT2D eigenvalue weighted by Crippen LogP contribution is 2.18. The number of hydrogen-bond acceptors (Lipinski definition) is 2. The first-order valence-corrected chi connectivity index (χ1v) is 6.79. The number of nitrogens with one attached hydrogen (secondary N) is 2. The van der Waals surface area contributed by atoms with Crippen molar-refractivity contribution < 1.29 is 14.7 Å². The molecule has 0 unspecified atom stereocenters. The number of aromatic carboxylic acids is 1. The van der Waals surface area contributed by atoms with Gasteiger partial charge in [0.25, 0.3) is 0 Å². The third-order valence-electron chi connectivity index (χ3n) is 3.08. The number of carboxylic acids is 1. The largest absolute Gasteiger partial charge is 0.478 e. The second kappa shape index (κ2) is 7.47. The highest BCUT2D eigenvalue weighted by Gasteiger charge is 2.16. The number of amides is 2. The molecule has 114 valence electrons. The fourth-order valence-electron chi connectivity index (χ4n) is 1.79. The van der Waals surface area contributed by atoms with Gasteiger partial charge in [0, 0.05) is 13.1 Å². The Morgan fingerprint density at radius 3 is 2.38 bits per heavy atom. The van der Waals surface area contributed by atoms with Crippen molar-refractivity contribution in [3.05, 3.63) is 48.0 Å². The van der Waals surface area contributed by atoms with Gasteiger partial charge in [0.2, 0.25) is 0 Å². The molecule has 1 rings (SSSR count). The van der Waals surface area contributed by atoms with Crippen molar-refractivity contribution >= 4 is 12.0 Å². The minimum atomic E-state index is -0.961. The lowest BCUT2D eigenvalue weighted by atomic mass is 9.89. The highest BCUT2D eigenvalue weighted by molar-refractivity contribution is 5.87. The molecule has 0 spiro atoms. The predicted octanol–water partition coefficient (Wildman–Crippen LogP) is 2.79. The Labute approximate surface area is 125 Å². The number of benzene rings is 1. The molecule has 1 aromatic carbocycles. The zero-order chi connectivity index (χ0) is 15.9. The molecule has 0 aromatic heterocycles. The van der Waals surface area contributed by atoms with Crippen LogP contribution in [0.3, 0.4) is 0 Å². The van der Waals surface area contributed by atoms with Crippen molar-refractivity contribution in [3.8, 4) is 0 Å². The van der Waals surface area contributed by atoms with E-state index in [9.17, 15) is 9.59 Å². The van der Waals surface area contributed by atoms with Crippen LogP contribution in [0.2, 0.25) is 0 Å². The molecule has 0 radical (unpaired) electrons. The molecule has 0 saturated carbocycles. The van der Waals surface area contributed by atoms with Gasteiger partial charge in [-0.05, 0) is 29.5 Å². The highest BCUT2D eigenvalue weighted by atomic mass is 16.4. The summed E-state index contributed by atoms with van der Waals surface area (Å²) in [5, 5.41) is 14.4. The van der Waals surface area contributed by atoms with Gasteiger partial charge in [-0.25, -0.2) is 9.59 Å². The van der Waals surface area contributed by atoms with Gasteiger partial charge in [0.1, 0.15) is 0 Å². The third kappa shape index (κ3) is 6.12. The average Bonchev–Trinajstić information content (AvgIpc) is 2.43. The van der Waals surface area contributed by atoms with Gasteiger partial charge in [0.15, 0.2) is 0 Å². The molecule has 0 aliphatic heterocycles. The van der Waals surface area contributed by atoms with E-state index in [1.54, 1.807) is 12.1 Å². The number of rotatable bonds is 7. The molecule has 0 bridgehead atoms.